The third kappa shape index (κ3) is 1.66. The van der Waals surface area contributed by atoms with Crippen molar-refractivity contribution < 1.29 is 14.3 Å². The Morgan fingerprint density at radius 2 is 1.50 bits per heavy atom. The molecular formula is C13H22O3. The Kier molecular flexibility index (Phi) is 2.74. The minimum absolute atomic E-state index is 0.273. The van der Waals surface area contributed by atoms with Gasteiger partial charge in [-0.25, -0.2) is 0 Å². The first-order valence-corrected chi connectivity index (χ1v) is 5.68. The van der Waals surface area contributed by atoms with Crippen LogP contribution in [0.2, 0.25) is 0 Å². The van der Waals surface area contributed by atoms with Crippen LogP contribution in [0.3, 0.4) is 0 Å². The lowest BCUT2D eigenvalue weighted by molar-refractivity contribution is -0.157. The van der Waals surface area contributed by atoms with Gasteiger partial charge in [0, 0.05) is 0 Å². The molecule has 0 aromatic heterocycles. The summed E-state index contributed by atoms with van der Waals surface area (Å²) in [7, 11) is 0. The highest BCUT2D eigenvalue weighted by Crippen LogP contribution is 2.55. The number of cyclic esters (lactones) is 2. The fraction of sp³-hybridized carbons (Fsp3) is 0.846. The number of hydrogen-bond donors (Lipinski definition) is 0. The van der Waals surface area contributed by atoms with Crippen molar-refractivity contribution in [3.05, 3.63) is 0 Å². The molecule has 2 atom stereocenters. The van der Waals surface area contributed by atoms with Crippen LogP contribution in [-0.4, -0.2) is 11.9 Å². The summed E-state index contributed by atoms with van der Waals surface area (Å²) in [4.78, 5) is 23.8. The molecule has 2 unspecified atom stereocenters. The molecule has 3 heteroatoms. The van der Waals surface area contributed by atoms with E-state index in [9.17, 15) is 9.59 Å². The highest BCUT2D eigenvalue weighted by atomic mass is 16.6. The summed E-state index contributed by atoms with van der Waals surface area (Å²) in [5.74, 6) is -1.15. The molecule has 92 valence electrons. The molecule has 1 aliphatic heterocycles. The minimum Gasteiger partial charge on any atom is -0.392 e. The topological polar surface area (TPSA) is 43.4 Å². The molecule has 16 heavy (non-hydrogen) atoms. The van der Waals surface area contributed by atoms with Gasteiger partial charge in [-0.2, -0.15) is 0 Å². The van der Waals surface area contributed by atoms with Gasteiger partial charge in [-0.3, -0.25) is 9.59 Å². The lowest BCUT2D eigenvalue weighted by atomic mass is 9.56. The standard InChI is InChI=1S/C13H22O3/c1-11(2,3)8-9(14)16-10(15)13(8,7)12(4,5)6/h8H,1-7H3. The molecule has 1 rings (SSSR count). The van der Waals surface area contributed by atoms with Crippen molar-refractivity contribution in [3.8, 4) is 0 Å². The van der Waals surface area contributed by atoms with Crippen LogP contribution >= 0.6 is 0 Å². The largest absolute Gasteiger partial charge is 0.392 e. The second kappa shape index (κ2) is 3.31. The lowest BCUT2D eigenvalue weighted by Gasteiger charge is -2.43. The molecule has 0 aliphatic carbocycles. The molecule has 0 radical (unpaired) electrons. The van der Waals surface area contributed by atoms with E-state index in [1.54, 1.807) is 0 Å². The van der Waals surface area contributed by atoms with Crippen molar-refractivity contribution in [3.63, 3.8) is 0 Å². The van der Waals surface area contributed by atoms with Crippen molar-refractivity contribution in [2.75, 3.05) is 0 Å². The van der Waals surface area contributed by atoms with E-state index in [0.717, 1.165) is 0 Å². The van der Waals surface area contributed by atoms with Gasteiger partial charge < -0.3 is 4.74 Å². The van der Waals surface area contributed by atoms with E-state index in [2.05, 4.69) is 0 Å². The fourth-order valence-electron chi connectivity index (χ4n) is 2.57. The smallest absolute Gasteiger partial charge is 0.320 e. The average molecular weight is 226 g/mol. The Morgan fingerprint density at radius 1 is 1.06 bits per heavy atom. The number of ether oxygens (including phenoxy) is 1. The van der Waals surface area contributed by atoms with Crippen LogP contribution in [0, 0.1) is 22.2 Å². The van der Waals surface area contributed by atoms with Gasteiger partial charge in [0.2, 0.25) is 0 Å². The first-order chi connectivity index (χ1) is 6.92. The predicted octanol–water partition coefficient (Wildman–Crippen LogP) is 2.78. The zero-order valence-electron chi connectivity index (χ0n) is 11.3. The summed E-state index contributed by atoms with van der Waals surface area (Å²) in [6.07, 6.45) is 0. The van der Waals surface area contributed by atoms with Crippen molar-refractivity contribution in [2.45, 2.75) is 48.5 Å². The van der Waals surface area contributed by atoms with Crippen LogP contribution in [-0.2, 0) is 14.3 Å². The number of esters is 2. The van der Waals surface area contributed by atoms with Crippen LogP contribution in [0.4, 0.5) is 0 Å². The summed E-state index contributed by atoms with van der Waals surface area (Å²) in [6.45, 7) is 13.7. The van der Waals surface area contributed by atoms with Gasteiger partial charge in [-0.1, -0.05) is 41.5 Å². The molecule has 0 aromatic rings. The van der Waals surface area contributed by atoms with Crippen LogP contribution in [0.15, 0.2) is 0 Å². The van der Waals surface area contributed by atoms with Gasteiger partial charge in [-0.15, -0.1) is 0 Å². The molecule has 0 bridgehead atoms. The second-order valence-corrected chi connectivity index (χ2v) is 6.96. The number of rotatable bonds is 0. The van der Waals surface area contributed by atoms with E-state index in [1.165, 1.54) is 0 Å². The molecule has 1 fully saturated rings. The average Bonchev–Trinajstić information content (AvgIpc) is 2.20. The number of carbonyl (C=O) groups excluding carboxylic acids is 2. The Balaban J connectivity index is 3.35. The molecule has 0 saturated carbocycles. The highest BCUT2D eigenvalue weighted by Gasteiger charge is 2.63. The molecule has 0 N–H and O–H groups in total. The zero-order valence-corrected chi connectivity index (χ0v) is 11.3. The zero-order chi connectivity index (χ0) is 12.9. The van der Waals surface area contributed by atoms with Crippen LogP contribution < -0.4 is 0 Å². The molecule has 3 nitrogen and oxygen atoms in total. The highest BCUT2D eigenvalue weighted by molar-refractivity contribution is 5.99. The van der Waals surface area contributed by atoms with E-state index in [1.807, 2.05) is 48.5 Å². The van der Waals surface area contributed by atoms with Crippen LogP contribution in [0.5, 0.6) is 0 Å². The first kappa shape index (κ1) is 13.2. The van der Waals surface area contributed by atoms with Gasteiger partial charge in [0.25, 0.3) is 0 Å². The molecule has 1 heterocycles. The third-order valence-corrected chi connectivity index (χ3v) is 3.85. The quantitative estimate of drug-likeness (QED) is 0.471. The normalized spacial score (nSPS) is 31.8. The van der Waals surface area contributed by atoms with Gasteiger partial charge >= 0.3 is 11.9 Å². The van der Waals surface area contributed by atoms with Gasteiger partial charge in [0.15, 0.2) is 0 Å². The van der Waals surface area contributed by atoms with E-state index in [0.29, 0.717) is 0 Å². The van der Waals surface area contributed by atoms with E-state index in [-0.39, 0.29) is 28.7 Å². The van der Waals surface area contributed by atoms with Gasteiger partial charge in [-0.05, 0) is 17.8 Å². The fourth-order valence-corrected chi connectivity index (χ4v) is 2.57. The monoisotopic (exact) mass is 226 g/mol. The summed E-state index contributed by atoms with van der Waals surface area (Å²) >= 11 is 0. The van der Waals surface area contributed by atoms with Gasteiger partial charge in [0.05, 0.1) is 11.3 Å². The van der Waals surface area contributed by atoms with Crippen molar-refractivity contribution in [1.82, 2.24) is 0 Å². The minimum atomic E-state index is -0.748. The Bertz CT molecular complexity index is 330. The summed E-state index contributed by atoms with van der Waals surface area (Å²) < 4.78 is 4.86. The van der Waals surface area contributed by atoms with Crippen molar-refractivity contribution in [2.24, 2.45) is 22.2 Å². The van der Waals surface area contributed by atoms with Crippen molar-refractivity contribution >= 4 is 11.9 Å². The van der Waals surface area contributed by atoms with Crippen molar-refractivity contribution in [1.29, 1.82) is 0 Å². The van der Waals surface area contributed by atoms with Gasteiger partial charge in [0.1, 0.15) is 0 Å². The van der Waals surface area contributed by atoms with E-state index >= 15 is 0 Å². The molecule has 1 saturated heterocycles. The maximum Gasteiger partial charge on any atom is 0.320 e. The van der Waals surface area contributed by atoms with E-state index in [4.69, 9.17) is 4.74 Å². The van der Waals surface area contributed by atoms with E-state index < -0.39 is 5.41 Å². The predicted molar refractivity (Wildman–Crippen MR) is 61.6 cm³/mol. The summed E-state index contributed by atoms with van der Waals surface area (Å²) in [5, 5.41) is 0. The Hall–Kier alpha value is -0.860. The summed E-state index contributed by atoms with van der Waals surface area (Å²) in [5.41, 5.74) is -1.32. The number of hydrogen-bond acceptors (Lipinski definition) is 3. The number of carbonyl (C=O) groups is 2. The maximum atomic E-state index is 12.0. The van der Waals surface area contributed by atoms with Crippen LogP contribution in [0.1, 0.15) is 48.5 Å². The third-order valence-electron chi connectivity index (χ3n) is 3.85. The molecule has 0 spiro atoms. The molecular weight excluding hydrogens is 204 g/mol. The Morgan fingerprint density at radius 3 is 1.75 bits per heavy atom. The van der Waals surface area contributed by atoms with Crippen LogP contribution in [0.25, 0.3) is 0 Å². The molecule has 1 aliphatic rings. The second-order valence-electron chi connectivity index (χ2n) is 6.96. The maximum absolute atomic E-state index is 12.0. The summed E-state index contributed by atoms with van der Waals surface area (Å²) in [6, 6.07) is 0. The molecule has 0 amide bonds. The molecule has 0 aromatic carbocycles. The SMILES string of the molecule is CC(C)(C)C1C(=O)OC(=O)C1(C)C(C)(C)C. The Labute approximate surface area is 97.5 Å². The first-order valence-electron chi connectivity index (χ1n) is 5.68. The lowest BCUT2D eigenvalue weighted by Crippen LogP contribution is -2.47.